The van der Waals surface area contributed by atoms with Crippen molar-refractivity contribution in [2.24, 2.45) is 5.73 Å². The molecule has 1 atom stereocenters. The van der Waals surface area contributed by atoms with E-state index >= 15 is 0 Å². The van der Waals surface area contributed by atoms with Gasteiger partial charge >= 0.3 is 6.18 Å². The number of carbonyl (C=O) groups excluding carboxylic acids is 2. The molecule has 0 aromatic heterocycles. The predicted molar refractivity (Wildman–Crippen MR) is 91.2 cm³/mol. The third kappa shape index (κ3) is 5.61. The number of primary amides is 1. The Morgan fingerprint density at radius 1 is 1.00 bits per heavy atom. The van der Waals surface area contributed by atoms with E-state index in [4.69, 9.17) is 5.73 Å². The average molecular weight is 364 g/mol. The molecule has 0 saturated heterocycles. The zero-order valence-corrected chi connectivity index (χ0v) is 14.1. The van der Waals surface area contributed by atoms with Gasteiger partial charge in [0.05, 0.1) is 12.0 Å². The molecule has 0 aliphatic carbocycles. The minimum absolute atomic E-state index is 0.143. The first kappa shape index (κ1) is 19.5. The standard InChI is InChI=1S/C19H19F3N2O2/c1-12-2-4-13(5-3-12)10-16(18(23)26)24-17(25)11-14-6-8-15(9-7-14)19(20,21)22/h2-9,16H,10-11H2,1H3,(H2,23,26)(H,24,25)/t16-/m1/s1. The Hall–Kier alpha value is -2.83. The molecule has 0 unspecified atom stereocenters. The second-order valence-electron chi connectivity index (χ2n) is 6.08. The third-order valence-corrected chi connectivity index (χ3v) is 3.89. The van der Waals surface area contributed by atoms with E-state index in [9.17, 15) is 22.8 Å². The Morgan fingerprint density at radius 2 is 1.54 bits per heavy atom. The van der Waals surface area contributed by atoms with E-state index in [1.54, 1.807) is 0 Å². The Kier molecular flexibility index (Phi) is 6.02. The van der Waals surface area contributed by atoms with Crippen molar-refractivity contribution in [3.05, 3.63) is 70.8 Å². The summed E-state index contributed by atoms with van der Waals surface area (Å²) in [6.45, 7) is 1.93. The molecule has 0 radical (unpaired) electrons. The molecule has 138 valence electrons. The van der Waals surface area contributed by atoms with Gasteiger partial charge in [-0.1, -0.05) is 42.0 Å². The predicted octanol–water partition coefficient (Wildman–Crippen LogP) is 2.77. The first-order chi connectivity index (χ1) is 12.1. The van der Waals surface area contributed by atoms with Crippen LogP contribution in [0.1, 0.15) is 22.3 Å². The summed E-state index contributed by atoms with van der Waals surface area (Å²) in [7, 11) is 0. The first-order valence-electron chi connectivity index (χ1n) is 7.95. The number of nitrogens with two attached hydrogens (primary N) is 1. The smallest absolute Gasteiger partial charge is 0.368 e. The van der Waals surface area contributed by atoms with Crippen LogP contribution >= 0.6 is 0 Å². The first-order valence-corrected chi connectivity index (χ1v) is 7.95. The molecule has 3 N–H and O–H groups in total. The second kappa shape index (κ2) is 8.03. The largest absolute Gasteiger partial charge is 0.416 e. The summed E-state index contributed by atoms with van der Waals surface area (Å²) in [5.41, 5.74) is 6.88. The van der Waals surface area contributed by atoms with Crippen molar-refractivity contribution in [2.75, 3.05) is 0 Å². The highest BCUT2D eigenvalue weighted by molar-refractivity contribution is 5.87. The fourth-order valence-electron chi connectivity index (χ4n) is 2.42. The lowest BCUT2D eigenvalue weighted by Gasteiger charge is -2.16. The van der Waals surface area contributed by atoms with Gasteiger partial charge in [0, 0.05) is 6.42 Å². The van der Waals surface area contributed by atoms with Crippen LogP contribution in [0.4, 0.5) is 13.2 Å². The van der Waals surface area contributed by atoms with Gasteiger partial charge in [-0.2, -0.15) is 13.2 Å². The maximum atomic E-state index is 12.5. The summed E-state index contributed by atoms with van der Waals surface area (Å²) in [6.07, 6.45) is -4.32. The molecule has 0 saturated carbocycles. The molecule has 2 amide bonds. The fourth-order valence-corrected chi connectivity index (χ4v) is 2.42. The topological polar surface area (TPSA) is 72.2 Å². The molecule has 0 fully saturated rings. The average Bonchev–Trinajstić information content (AvgIpc) is 2.55. The lowest BCUT2D eigenvalue weighted by molar-refractivity contribution is -0.137. The van der Waals surface area contributed by atoms with Gasteiger partial charge in [0.1, 0.15) is 6.04 Å². The van der Waals surface area contributed by atoms with E-state index in [-0.39, 0.29) is 12.8 Å². The number of rotatable bonds is 6. The zero-order chi connectivity index (χ0) is 19.3. The number of aryl methyl sites for hydroxylation is 1. The van der Waals surface area contributed by atoms with E-state index in [1.165, 1.54) is 12.1 Å². The maximum absolute atomic E-state index is 12.5. The maximum Gasteiger partial charge on any atom is 0.416 e. The van der Waals surface area contributed by atoms with Crippen molar-refractivity contribution in [1.29, 1.82) is 0 Å². The Labute approximate surface area is 149 Å². The van der Waals surface area contributed by atoms with E-state index in [1.807, 2.05) is 31.2 Å². The molecular weight excluding hydrogens is 345 g/mol. The Morgan fingerprint density at radius 3 is 2.04 bits per heavy atom. The highest BCUT2D eigenvalue weighted by atomic mass is 19.4. The van der Waals surface area contributed by atoms with Crippen molar-refractivity contribution >= 4 is 11.8 Å². The summed E-state index contributed by atoms with van der Waals surface area (Å²) >= 11 is 0. The lowest BCUT2D eigenvalue weighted by Crippen LogP contribution is -2.46. The normalized spacial score (nSPS) is 12.5. The summed E-state index contributed by atoms with van der Waals surface area (Å²) in [6, 6.07) is 10.9. The molecule has 0 spiro atoms. The summed E-state index contributed by atoms with van der Waals surface area (Å²) in [5, 5.41) is 2.54. The molecule has 4 nitrogen and oxygen atoms in total. The highest BCUT2D eigenvalue weighted by Gasteiger charge is 2.30. The number of carbonyl (C=O) groups is 2. The number of nitrogens with one attached hydrogen (secondary N) is 1. The van der Waals surface area contributed by atoms with Crippen molar-refractivity contribution in [2.45, 2.75) is 32.0 Å². The molecule has 0 aliphatic heterocycles. The van der Waals surface area contributed by atoms with Crippen LogP contribution in [0.5, 0.6) is 0 Å². The van der Waals surface area contributed by atoms with Crippen LogP contribution in [0, 0.1) is 6.92 Å². The summed E-state index contributed by atoms with van der Waals surface area (Å²) < 4.78 is 37.6. The third-order valence-electron chi connectivity index (χ3n) is 3.89. The van der Waals surface area contributed by atoms with Gasteiger partial charge in [-0.15, -0.1) is 0 Å². The quantitative estimate of drug-likeness (QED) is 0.827. The van der Waals surface area contributed by atoms with Gasteiger partial charge in [0.2, 0.25) is 11.8 Å². The van der Waals surface area contributed by atoms with Gasteiger partial charge in [0.25, 0.3) is 0 Å². The number of alkyl halides is 3. The summed E-state index contributed by atoms with van der Waals surface area (Å²) in [5.74, 6) is -1.16. The van der Waals surface area contributed by atoms with Crippen LogP contribution < -0.4 is 11.1 Å². The summed E-state index contributed by atoms with van der Waals surface area (Å²) in [4.78, 5) is 23.7. The molecule has 0 heterocycles. The van der Waals surface area contributed by atoms with Crippen LogP contribution in [0.2, 0.25) is 0 Å². The van der Waals surface area contributed by atoms with Crippen LogP contribution in [0.15, 0.2) is 48.5 Å². The van der Waals surface area contributed by atoms with Crippen molar-refractivity contribution in [1.82, 2.24) is 5.32 Å². The molecule has 0 bridgehead atoms. The number of amides is 2. The number of halogens is 3. The lowest BCUT2D eigenvalue weighted by atomic mass is 10.0. The van der Waals surface area contributed by atoms with Gasteiger partial charge in [-0.25, -0.2) is 0 Å². The van der Waals surface area contributed by atoms with Crippen LogP contribution in [0.3, 0.4) is 0 Å². The molecule has 26 heavy (non-hydrogen) atoms. The molecule has 2 aromatic carbocycles. The van der Waals surface area contributed by atoms with E-state index in [2.05, 4.69) is 5.32 Å². The molecule has 2 aromatic rings. The number of hydrogen-bond donors (Lipinski definition) is 2. The molecule has 0 aliphatic rings. The highest BCUT2D eigenvalue weighted by Crippen LogP contribution is 2.29. The van der Waals surface area contributed by atoms with Crippen molar-refractivity contribution < 1.29 is 22.8 Å². The second-order valence-corrected chi connectivity index (χ2v) is 6.08. The van der Waals surface area contributed by atoms with Gasteiger partial charge < -0.3 is 11.1 Å². The van der Waals surface area contributed by atoms with Gasteiger partial charge in [-0.3, -0.25) is 9.59 Å². The van der Waals surface area contributed by atoms with Gasteiger partial charge in [-0.05, 0) is 30.2 Å². The van der Waals surface area contributed by atoms with E-state index in [0.29, 0.717) is 5.56 Å². The Balaban J connectivity index is 1.99. The fraction of sp³-hybridized carbons (Fsp3) is 0.263. The van der Waals surface area contributed by atoms with E-state index < -0.39 is 29.6 Å². The van der Waals surface area contributed by atoms with Crippen LogP contribution in [-0.4, -0.2) is 17.9 Å². The van der Waals surface area contributed by atoms with Gasteiger partial charge in [0.15, 0.2) is 0 Å². The van der Waals surface area contributed by atoms with Crippen molar-refractivity contribution in [3.63, 3.8) is 0 Å². The minimum atomic E-state index is -4.42. The SMILES string of the molecule is Cc1ccc(C[C@@H](NC(=O)Cc2ccc(C(F)(F)F)cc2)C(N)=O)cc1. The number of hydrogen-bond acceptors (Lipinski definition) is 2. The number of benzene rings is 2. The minimum Gasteiger partial charge on any atom is -0.368 e. The van der Waals surface area contributed by atoms with E-state index in [0.717, 1.165) is 23.3 Å². The Bertz CT molecular complexity index is 769. The zero-order valence-electron chi connectivity index (χ0n) is 14.1. The van der Waals surface area contributed by atoms with Crippen LogP contribution in [-0.2, 0) is 28.6 Å². The monoisotopic (exact) mass is 364 g/mol. The molecular formula is C19H19F3N2O2. The van der Waals surface area contributed by atoms with Crippen molar-refractivity contribution in [3.8, 4) is 0 Å². The molecule has 2 rings (SSSR count). The van der Waals surface area contributed by atoms with Crippen LogP contribution in [0.25, 0.3) is 0 Å². The molecule has 7 heteroatoms.